The van der Waals surface area contributed by atoms with Gasteiger partial charge in [0.25, 0.3) is 11.7 Å². The number of amides is 1. The Morgan fingerprint density at radius 3 is 2.59 bits per heavy atom. The summed E-state index contributed by atoms with van der Waals surface area (Å²) in [6, 6.07) is 14.4. The molecule has 0 radical (unpaired) electrons. The van der Waals surface area contributed by atoms with Crippen LogP contribution in [0.3, 0.4) is 0 Å². The molecule has 32 heavy (non-hydrogen) atoms. The molecule has 4 rings (SSSR count). The highest BCUT2D eigenvalue weighted by atomic mass is 19.1. The minimum atomic E-state index is -0.979. The summed E-state index contributed by atoms with van der Waals surface area (Å²) in [5.74, 6) is -1.51. The number of Topliss-reactive ketones (excluding diaryl/α,β-unsaturated/α-hetero) is 1. The first-order valence-corrected chi connectivity index (χ1v) is 9.90. The number of likely N-dealkylation sites (tertiary alicyclic amines) is 1. The third-order valence-corrected chi connectivity index (χ3v) is 5.11. The van der Waals surface area contributed by atoms with Gasteiger partial charge in [-0.05, 0) is 54.1 Å². The SMILES string of the molecule is C=CCOc1ccc(C(O)=C2C(=O)C(=O)N(Cc3ccco3)[C@H]2c2cccc(F)c2)cc1. The van der Waals surface area contributed by atoms with Gasteiger partial charge in [-0.25, -0.2) is 4.39 Å². The highest BCUT2D eigenvalue weighted by molar-refractivity contribution is 6.46. The first-order chi connectivity index (χ1) is 15.5. The molecule has 1 aliphatic rings. The zero-order valence-electron chi connectivity index (χ0n) is 17.0. The Bertz CT molecular complexity index is 1180. The summed E-state index contributed by atoms with van der Waals surface area (Å²) >= 11 is 0. The Labute approximate surface area is 183 Å². The Kier molecular flexibility index (Phi) is 5.89. The third kappa shape index (κ3) is 4.05. The summed E-state index contributed by atoms with van der Waals surface area (Å²) in [5, 5.41) is 11.0. The number of ether oxygens (including phenoxy) is 1. The predicted molar refractivity (Wildman–Crippen MR) is 115 cm³/mol. The number of furan rings is 1. The molecule has 1 atom stereocenters. The molecule has 2 heterocycles. The summed E-state index contributed by atoms with van der Waals surface area (Å²) < 4.78 is 24.8. The number of carbonyl (C=O) groups excluding carboxylic acids is 2. The predicted octanol–water partition coefficient (Wildman–Crippen LogP) is 4.61. The van der Waals surface area contributed by atoms with Crippen molar-refractivity contribution >= 4 is 17.4 Å². The summed E-state index contributed by atoms with van der Waals surface area (Å²) in [5.41, 5.74) is 0.573. The number of rotatable bonds is 7. The first kappa shape index (κ1) is 21.1. The van der Waals surface area contributed by atoms with Crippen LogP contribution in [-0.4, -0.2) is 28.3 Å². The molecule has 0 aliphatic carbocycles. The lowest BCUT2D eigenvalue weighted by Crippen LogP contribution is -2.29. The van der Waals surface area contributed by atoms with Crippen LogP contribution in [0, 0.1) is 5.82 Å². The van der Waals surface area contributed by atoms with Gasteiger partial charge in [0.2, 0.25) is 0 Å². The van der Waals surface area contributed by atoms with E-state index < -0.39 is 23.5 Å². The topological polar surface area (TPSA) is 80.0 Å². The van der Waals surface area contributed by atoms with Crippen LogP contribution in [0.15, 0.2) is 89.6 Å². The summed E-state index contributed by atoms with van der Waals surface area (Å²) in [6.07, 6.45) is 3.06. The second-order valence-corrected chi connectivity index (χ2v) is 7.19. The molecule has 1 aliphatic heterocycles. The van der Waals surface area contributed by atoms with E-state index in [2.05, 4.69) is 6.58 Å². The van der Waals surface area contributed by atoms with Crippen molar-refractivity contribution in [2.24, 2.45) is 0 Å². The van der Waals surface area contributed by atoms with E-state index in [1.54, 1.807) is 48.5 Å². The van der Waals surface area contributed by atoms with Crippen molar-refractivity contribution in [2.75, 3.05) is 6.61 Å². The molecule has 0 spiro atoms. The molecule has 2 aromatic carbocycles. The molecule has 1 aromatic heterocycles. The molecule has 162 valence electrons. The lowest BCUT2D eigenvalue weighted by Gasteiger charge is -2.24. The van der Waals surface area contributed by atoms with Gasteiger partial charge in [-0.1, -0.05) is 24.8 Å². The maximum atomic E-state index is 14.0. The van der Waals surface area contributed by atoms with Gasteiger partial charge < -0.3 is 19.2 Å². The van der Waals surface area contributed by atoms with Gasteiger partial charge in [0.1, 0.15) is 29.7 Å². The van der Waals surface area contributed by atoms with Crippen molar-refractivity contribution < 1.29 is 28.2 Å². The van der Waals surface area contributed by atoms with Gasteiger partial charge in [-0.2, -0.15) is 0 Å². The van der Waals surface area contributed by atoms with Crippen LogP contribution in [0.1, 0.15) is 22.9 Å². The Morgan fingerprint density at radius 1 is 1.16 bits per heavy atom. The fraction of sp³-hybridized carbons (Fsp3) is 0.120. The minimum absolute atomic E-state index is 0.0101. The van der Waals surface area contributed by atoms with Crippen LogP contribution < -0.4 is 4.74 Å². The van der Waals surface area contributed by atoms with Gasteiger partial charge in [0.05, 0.1) is 24.4 Å². The second kappa shape index (κ2) is 8.93. The summed E-state index contributed by atoms with van der Waals surface area (Å²) in [4.78, 5) is 27.1. The van der Waals surface area contributed by atoms with Gasteiger partial charge >= 0.3 is 0 Å². The molecule has 7 heteroatoms. The number of aliphatic hydroxyl groups excluding tert-OH is 1. The van der Waals surface area contributed by atoms with E-state index in [4.69, 9.17) is 9.15 Å². The average molecular weight is 433 g/mol. The fourth-order valence-electron chi connectivity index (χ4n) is 3.66. The smallest absolute Gasteiger partial charge is 0.296 e. The number of halogens is 1. The van der Waals surface area contributed by atoms with Crippen molar-refractivity contribution in [2.45, 2.75) is 12.6 Å². The van der Waals surface area contributed by atoms with Crippen LogP contribution in [-0.2, 0) is 16.1 Å². The van der Waals surface area contributed by atoms with Crippen molar-refractivity contribution in [1.29, 1.82) is 0 Å². The quantitative estimate of drug-likeness (QED) is 0.255. The van der Waals surface area contributed by atoms with Crippen LogP contribution in [0.5, 0.6) is 5.75 Å². The van der Waals surface area contributed by atoms with E-state index in [-0.39, 0.29) is 17.9 Å². The number of aliphatic hydroxyl groups is 1. The number of nitrogens with zero attached hydrogens (tertiary/aromatic N) is 1. The largest absolute Gasteiger partial charge is 0.507 e. The molecule has 3 aromatic rings. The molecule has 0 bridgehead atoms. The van der Waals surface area contributed by atoms with Gasteiger partial charge in [-0.3, -0.25) is 9.59 Å². The summed E-state index contributed by atoms with van der Waals surface area (Å²) in [7, 11) is 0. The molecular formula is C25H20FNO5. The highest BCUT2D eigenvalue weighted by Gasteiger charge is 2.46. The van der Waals surface area contributed by atoms with E-state index in [0.717, 1.165) is 0 Å². The van der Waals surface area contributed by atoms with Gasteiger partial charge in [0.15, 0.2) is 0 Å². The normalized spacial score (nSPS) is 17.5. The molecule has 1 N–H and O–H groups in total. The zero-order valence-corrected chi connectivity index (χ0v) is 17.0. The molecule has 0 saturated carbocycles. The standard InChI is InChI=1S/C25H20FNO5/c1-2-12-31-19-10-8-16(9-11-19)23(28)21-22(17-5-3-6-18(26)14-17)27(25(30)24(21)29)15-20-7-4-13-32-20/h2-11,13-14,22,28H,1,12,15H2/t22-/m0/s1. The molecule has 0 unspecified atom stereocenters. The van der Waals surface area contributed by atoms with Crippen molar-refractivity contribution in [3.05, 3.63) is 108 Å². The van der Waals surface area contributed by atoms with Crippen LogP contribution in [0.2, 0.25) is 0 Å². The van der Waals surface area contributed by atoms with Crippen molar-refractivity contribution in [1.82, 2.24) is 4.90 Å². The van der Waals surface area contributed by atoms with Crippen LogP contribution in [0.4, 0.5) is 4.39 Å². The van der Waals surface area contributed by atoms with Crippen LogP contribution >= 0.6 is 0 Å². The lowest BCUT2D eigenvalue weighted by atomic mass is 9.95. The fourth-order valence-corrected chi connectivity index (χ4v) is 3.66. The van der Waals surface area contributed by atoms with Gasteiger partial charge in [0, 0.05) is 5.56 Å². The van der Waals surface area contributed by atoms with Crippen molar-refractivity contribution in [3.63, 3.8) is 0 Å². The van der Waals surface area contributed by atoms with Crippen LogP contribution in [0.25, 0.3) is 5.76 Å². The highest BCUT2D eigenvalue weighted by Crippen LogP contribution is 2.40. The number of benzene rings is 2. The summed E-state index contributed by atoms with van der Waals surface area (Å²) in [6.45, 7) is 3.90. The van der Waals surface area contributed by atoms with Crippen molar-refractivity contribution in [3.8, 4) is 5.75 Å². The van der Waals surface area contributed by atoms with Gasteiger partial charge in [-0.15, -0.1) is 0 Å². The molecular weight excluding hydrogens is 413 g/mol. The third-order valence-electron chi connectivity index (χ3n) is 5.11. The average Bonchev–Trinajstić information content (AvgIpc) is 3.40. The maximum Gasteiger partial charge on any atom is 0.296 e. The second-order valence-electron chi connectivity index (χ2n) is 7.19. The molecule has 1 saturated heterocycles. The Hall–Kier alpha value is -4.13. The van der Waals surface area contributed by atoms with E-state index in [9.17, 15) is 19.1 Å². The number of ketones is 1. The molecule has 6 nitrogen and oxygen atoms in total. The van der Waals surface area contributed by atoms with E-state index in [1.807, 2.05) is 0 Å². The number of hydrogen-bond acceptors (Lipinski definition) is 5. The molecule has 1 fully saturated rings. The Balaban J connectivity index is 1.79. The minimum Gasteiger partial charge on any atom is -0.507 e. The number of carbonyl (C=O) groups is 2. The van der Waals surface area contributed by atoms with E-state index in [1.165, 1.54) is 29.4 Å². The zero-order chi connectivity index (χ0) is 22.7. The Morgan fingerprint density at radius 2 is 1.94 bits per heavy atom. The van der Waals surface area contributed by atoms with E-state index >= 15 is 0 Å². The molecule has 1 amide bonds. The first-order valence-electron chi connectivity index (χ1n) is 9.90. The van der Waals surface area contributed by atoms with E-state index in [0.29, 0.717) is 29.2 Å². The maximum absolute atomic E-state index is 14.0. The number of hydrogen-bond donors (Lipinski definition) is 1. The lowest BCUT2D eigenvalue weighted by molar-refractivity contribution is -0.140. The monoisotopic (exact) mass is 433 g/mol.